The van der Waals surface area contributed by atoms with Crippen molar-refractivity contribution in [3.05, 3.63) is 35.4 Å². The Kier molecular flexibility index (Phi) is 4.00. The molecule has 4 nitrogen and oxygen atoms in total. The molecular weight excluding hydrogens is 405 g/mol. The number of Topliss-reactive ketones (excluding diaryl/α,β-unsaturated/α-hetero) is 1. The van der Waals surface area contributed by atoms with E-state index in [9.17, 15) is 14.9 Å². The van der Waals surface area contributed by atoms with E-state index < -0.39 is 25.2 Å². The normalized spacial score (nSPS) is 38.9. The first-order chi connectivity index (χ1) is 13.0. The van der Waals surface area contributed by atoms with Crippen LogP contribution in [0, 0.1) is 28.0 Å². The number of benzene rings is 1. The van der Waals surface area contributed by atoms with Crippen LogP contribution < -0.4 is 0 Å². The molecule has 0 N–H and O–H groups in total. The number of rotatable bonds is 3. The predicted molar refractivity (Wildman–Crippen MR) is 100 cm³/mol. The van der Waals surface area contributed by atoms with Crippen LogP contribution in [0.5, 0.6) is 0 Å². The van der Waals surface area contributed by atoms with Crippen LogP contribution in [0.15, 0.2) is 24.3 Å². The van der Waals surface area contributed by atoms with Gasteiger partial charge in [-0.3, -0.25) is 0 Å². The molecule has 4 bridgehead atoms. The zero-order chi connectivity index (χ0) is 18.6. The van der Waals surface area contributed by atoms with Crippen LogP contribution in [0.1, 0.15) is 60.9 Å². The van der Waals surface area contributed by atoms with Gasteiger partial charge in [0.2, 0.25) is 0 Å². The molecule has 1 aromatic rings. The molecule has 5 heteroatoms. The van der Waals surface area contributed by atoms with Crippen molar-refractivity contribution in [2.24, 2.45) is 17.8 Å². The number of carbonyl (C=O) groups excluding carboxylic acids is 2. The van der Waals surface area contributed by atoms with Crippen LogP contribution in [0.4, 0.5) is 0 Å². The maximum atomic E-state index is 13.4. The Morgan fingerprint density at radius 2 is 1.74 bits per heavy atom. The van der Waals surface area contributed by atoms with Crippen LogP contribution in [0.3, 0.4) is 0 Å². The van der Waals surface area contributed by atoms with Gasteiger partial charge < -0.3 is 0 Å². The fourth-order valence-corrected chi connectivity index (χ4v) is 7.89. The van der Waals surface area contributed by atoms with Crippen LogP contribution >= 0.6 is 0 Å². The van der Waals surface area contributed by atoms with E-state index in [1.165, 1.54) is 19.3 Å². The Morgan fingerprint density at radius 1 is 1.11 bits per heavy atom. The van der Waals surface area contributed by atoms with Gasteiger partial charge in [-0.15, -0.1) is 0 Å². The van der Waals surface area contributed by atoms with Gasteiger partial charge in [0.25, 0.3) is 0 Å². The maximum absolute atomic E-state index is 13.4. The molecular formula is C22H23NO3Se. The molecule has 0 amide bonds. The Labute approximate surface area is 165 Å². The van der Waals surface area contributed by atoms with E-state index in [0.29, 0.717) is 36.2 Å². The molecule has 5 aliphatic rings. The van der Waals surface area contributed by atoms with Gasteiger partial charge in [-0.25, -0.2) is 0 Å². The van der Waals surface area contributed by atoms with E-state index in [0.717, 1.165) is 24.8 Å². The van der Waals surface area contributed by atoms with E-state index in [2.05, 4.69) is 4.97 Å². The number of nitrogens with zero attached hydrogens (tertiary/aromatic N) is 1. The molecule has 6 rings (SSSR count). The molecule has 0 aliphatic heterocycles. The Hall–Kier alpha value is -1.63. The molecule has 0 aromatic heterocycles. The zero-order valence-electron chi connectivity index (χ0n) is 15.3. The molecule has 1 aromatic carbocycles. The molecule has 5 aliphatic carbocycles. The van der Waals surface area contributed by atoms with Gasteiger partial charge >= 0.3 is 166 Å². The minimum atomic E-state index is -1.26. The van der Waals surface area contributed by atoms with Gasteiger partial charge in [0, 0.05) is 0 Å². The first kappa shape index (κ1) is 17.5. The number of nitriles is 1. The molecule has 1 atom stereocenters. The van der Waals surface area contributed by atoms with Crippen molar-refractivity contribution >= 4 is 26.7 Å². The van der Waals surface area contributed by atoms with E-state index in [4.69, 9.17) is 4.74 Å². The topological polar surface area (TPSA) is 67.2 Å². The number of hydrogen-bond donors (Lipinski definition) is 0. The number of aryl methyl sites for hydroxylation is 1. The van der Waals surface area contributed by atoms with E-state index in [-0.39, 0.29) is 11.4 Å². The minimum absolute atomic E-state index is 0.194. The van der Waals surface area contributed by atoms with Crippen molar-refractivity contribution in [1.82, 2.24) is 0 Å². The van der Waals surface area contributed by atoms with Crippen LogP contribution in [-0.2, 0) is 16.0 Å². The van der Waals surface area contributed by atoms with Gasteiger partial charge in [0.05, 0.1) is 0 Å². The summed E-state index contributed by atoms with van der Waals surface area (Å²) in [7, 11) is 0. The van der Waals surface area contributed by atoms with Crippen molar-refractivity contribution in [3.63, 3.8) is 0 Å². The van der Waals surface area contributed by atoms with Gasteiger partial charge in [-0.1, -0.05) is 0 Å². The summed E-state index contributed by atoms with van der Waals surface area (Å²) in [6, 6.07) is 7.48. The molecule has 27 heavy (non-hydrogen) atoms. The quantitative estimate of drug-likeness (QED) is 0.419. The predicted octanol–water partition coefficient (Wildman–Crippen LogP) is 3.67. The van der Waals surface area contributed by atoms with Crippen LogP contribution in [0.25, 0.3) is 0 Å². The SMILES string of the molecule is N#C[Se][C@@]1(C(=O)OC23CC4CC(CC(C4)C2)C3)CCc2ccccc2C1=O. The van der Waals surface area contributed by atoms with Crippen molar-refractivity contribution in [1.29, 1.82) is 5.26 Å². The third kappa shape index (κ3) is 2.69. The summed E-state index contributed by atoms with van der Waals surface area (Å²) in [4.78, 5) is 28.9. The molecule has 0 radical (unpaired) electrons. The first-order valence-electron chi connectivity index (χ1n) is 9.97. The standard InChI is InChI=1S/C22H23NO3Se/c23-13-27-22(6-5-17-3-1-2-4-18(17)19(22)24)20(25)26-21-10-14-7-15(11-21)9-16(8-14)12-21/h1-4,14-16H,5-12H2/t14?,15?,16?,21?,22-/m0/s1. The second-order valence-corrected chi connectivity index (χ2v) is 11.3. The number of esters is 1. The summed E-state index contributed by atoms with van der Waals surface area (Å²) in [5.74, 6) is 1.41. The first-order valence-corrected chi connectivity index (χ1v) is 11.7. The fraction of sp³-hybridized carbons (Fsp3) is 0.591. The molecule has 0 spiro atoms. The zero-order valence-corrected chi connectivity index (χ0v) is 17.0. The van der Waals surface area contributed by atoms with Crippen LogP contribution in [-0.4, -0.2) is 32.3 Å². The molecule has 0 unspecified atom stereocenters. The Balaban J connectivity index is 1.46. The Morgan fingerprint density at radius 3 is 2.37 bits per heavy atom. The third-order valence-corrected chi connectivity index (χ3v) is 9.31. The van der Waals surface area contributed by atoms with Gasteiger partial charge in [-0.05, 0) is 0 Å². The molecule has 4 fully saturated rings. The number of carbonyl (C=O) groups is 2. The fourth-order valence-electron chi connectivity index (χ4n) is 6.45. The van der Waals surface area contributed by atoms with Crippen molar-refractivity contribution in [2.45, 2.75) is 61.3 Å². The van der Waals surface area contributed by atoms with E-state index in [1.807, 2.05) is 18.2 Å². The summed E-state index contributed by atoms with van der Waals surface area (Å²) in [5.41, 5.74) is 1.21. The van der Waals surface area contributed by atoms with E-state index in [1.54, 1.807) is 6.07 Å². The molecule has 0 heterocycles. The summed E-state index contributed by atoms with van der Waals surface area (Å²) >= 11 is -0.753. The van der Waals surface area contributed by atoms with Gasteiger partial charge in [-0.2, -0.15) is 0 Å². The number of ether oxygens (including phenoxy) is 1. The van der Waals surface area contributed by atoms with Gasteiger partial charge in [0.1, 0.15) is 0 Å². The average Bonchev–Trinajstić information content (AvgIpc) is 2.63. The number of fused-ring (bicyclic) bond motifs is 1. The second-order valence-electron chi connectivity index (χ2n) is 9.00. The van der Waals surface area contributed by atoms with Crippen molar-refractivity contribution in [2.75, 3.05) is 0 Å². The van der Waals surface area contributed by atoms with Gasteiger partial charge in [0.15, 0.2) is 0 Å². The summed E-state index contributed by atoms with van der Waals surface area (Å²) in [6.45, 7) is 0. The summed E-state index contributed by atoms with van der Waals surface area (Å²) in [6.07, 6.45) is 7.73. The number of ketones is 1. The molecule has 140 valence electrons. The van der Waals surface area contributed by atoms with E-state index >= 15 is 0 Å². The Bertz CT molecular complexity index is 822. The molecule has 4 saturated carbocycles. The van der Waals surface area contributed by atoms with Crippen molar-refractivity contribution in [3.8, 4) is 4.97 Å². The van der Waals surface area contributed by atoms with Crippen molar-refractivity contribution < 1.29 is 14.3 Å². The summed E-state index contributed by atoms with van der Waals surface area (Å²) < 4.78 is 4.97. The number of hydrogen-bond acceptors (Lipinski definition) is 4. The van der Waals surface area contributed by atoms with Crippen LogP contribution in [0.2, 0.25) is 4.31 Å². The average molecular weight is 428 g/mol. The third-order valence-electron chi connectivity index (χ3n) is 7.22. The molecule has 0 saturated heterocycles. The second kappa shape index (κ2) is 6.19. The summed E-state index contributed by atoms with van der Waals surface area (Å²) in [5, 5.41) is 9.45. The monoisotopic (exact) mass is 429 g/mol.